The summed E-state index contributed by atoms with van der Waals surface area (Å²) in [5.41, 5.74) is 5.12. The van der Waals surface area contributed by atoms with Crippen LogP contribution in [0.1, 0.15) is 25.3 Å². The van der Waals surface area contributed by atoms with E-state index in [0.717, 1.165) is 0 Å². The number of Topliss-reactive ketones (excluding diaryl/α,β-unsaturated/α-hetero) is 1. The van der Waals surface area contributed by atoms with Gasteiger partial charge in [-0.1, -0.05) is 0 Å². The van der Waals surface area contributed by atoms with Crippen molar-refractivity contribution in [2.75, 3.05) is 13.1 Å². The van der Waals surface area contributed by atoms with E-state index in [1.807, 2.05) is 0 Å². The highest BCUT2D eigenvalue weighted by molar-refractivity contribution is 5.96. The number of aromatic nitrogens is 2. The summed E-state index contributed by atoms with van der Waals surface area (Å²) >= 11 is 0. The molecule has 1 unspecified atom stereocenters. The minimum atomic E-state index is -0.546. The molecule has 1 heterocycles. The Morgan fingerprint density at radius 3 is 2.67 bits per heavy atom. The fourth-order valence-corrected chi connectivity index (χ4v) is 1.83. The van der Waals surface area contributed by atoms with Crippen LogP contribution >= 0.6 is 0 Å². The molecule has 0 aliphatic rings. The third kappa shape index (κ3) is 6.17. The molecule has 116 valence electrons. The molecule has 1 rings (SSSR count). The summed E-state index contributed by atoms with van der Waals surface area (Å²) < 4.78 is 0. The van der Waals surface area contributed by atoms with Crippen LogP contribution in [0.3, 0.4) is 0 Å². The Balaban J connectivity index is 2.47. The van der Waals surface area contributed by atoms with E-state index in [0.29, 0.717) is 31.5 Å². The SMILES string of the molecule is CC(=O)CC(=O)NCC(CN)CCc1c[nH]c(=O)[nH]c1=O. The lowest BCUT2D eigenvalue weighted by molar-refractivity contribution is -0.127. The molecule has 1 aromatic rings. The van der Waals surface area contributed by atoms with Crippen molar-refractivity contribution in [1.82, 2.24) is 15.3 Å². The summed E-state index contributed by atoms with van der Waals surface area (Å²) in [5, 5.41) is 2.64. The number of nitrogens with two attached hydrogens (primary N) is 1. The molecular formula is C13H20N4O4. The molecule has 0 saturated heterocycles. The lowest BCUT2D eigenvalue weighted by atomic mass is 10.0. The lowest BCUT2D eigenvalue weighted by Gasteiger charge is -2.15. The molecule has 0 saturated carbocycles. The number of hydrogen-bond acceptors (Lipinski definition) is 5. The predicted octanol–water partition coefficient (Wildman–Crippen LogP) is -1.33. The molecule has 1 atom stereocenters. The Hall–Kier alpha value is -2.22. The largest absolute Gasteiger partial charge is 0.355 e. The Kier molecular flexibility index (Phi) is 6.54. The fourth-order valence-electron chi connectivity index (χ4n) is 1.83. The van der Waals surface area contributed by atoms with Crippen LogP contribution in [0.25, 0.3) is 0 Å². The average molecular weight is 296 g/mol. The van der Waals surface area contributed by atoms with Gasteiger partial charge in [-0.2, -0.15) is 0 Å². The van der Waals surface area contributed by atoms with E-state index in [2.05, 4.69) is 15.3 Å². The number of ketones is 1. The first-order chi connectivity index (χ1) is 9.92. The Morgan fingerprint density at radius 1 is 1.38 bits per heavy atom. The molecule has 0 spiro atoms. The van der Waals surface area contributed by atoms with Crippen molar-refractivity contribution in [1.29, 1.82) is 0 Å². The monoisotopic (exact) mass is 296 g/mol. The Labute approximate surface area is 121 Å². The van der Waals surface area contributed by atoms with Crippen LogP contribution in [0, 0.1) is 5.92 Å². The molecule has 0 fully saturated rings. The molecule has 8 heteroatoms. The fraction of sp³-hybridized carbons (Fsp3) is 0.538. The molecule has 21 heavy (non-hydrogen) atoms. The van der Waals surface area contributed by atoms with E-state index in [1.165, 1.54) is 13.1 Å². The second kappa shape index (κ2) is 8.15. The van der Waals surface area contributed by atoms with Gasteiger partial charge in [-0.05, 0) is 32.2 Å². The number of amides is 1. The first-order valence-electron chi connectivity index (χ1n) is 6.69. The maximum atomic E-state index is 11.5. The zero-order valence-electron chi connectivity index (χ0n) is 11.9. The van der Waals surface area contributed by atoms with Gasteiger partial charge in [0.05, 0.1) is 6.42 Å². The van der Waals surface area contributed by atoms with Gasteiger partial charge in [-0.25, -0.2) is 4.79 Å². The second-order valence-corrected chi connectivity index (χ2v) is 4.92. The van der Waals surface area contributed by atoms with E-state index in [-0.39, 0.29) is 24.0 Å². The number of hydrogen-bond donors (Lipinski definition) is 4. The van der Waals surface area contributed by atoms with Crippen LogP contribution in [0.2, 0.25) is 0 Å². The second-order valence-electron chi connectivity index (χ2n) is 4.92. The van der Waals surface area contributed by atoms with Gasteiger partial charge in [0.25, 0.3) is 5.56 Å². The molecule has 1 aromatic heterocycles. The van der Waals surface area contributed by atoms with Crippen molar-refractivity contribution in [2.24, 2.45) is 11.7 Å². The maximum absolute atomic E-state index is 11.5. The lowest BCUT2D eigenvalue weighted by Crippen LogP contribution is -2.34. The summed E-state index contributed by atoms with van der Waals surface area (Å²) in [6.45, 7) is 2.05. The van der Waals surface area contributed by atoms with E-state index in [4.69, 9.17) is 5.73 Å². The van der Waals surface area contributed by atoms with Crippen molar-refractivity contribution in [3.63, 3.8) is 0 Å². The van der Waals surface area contributed by atoms with E-state index in [9.17, 15) is 19.2 Å². The van der Waals surface area contributed by atoms with E-state index >= 15 is 0 Å². The topological polar surface area (TPSA) is 138 Å². The molecule has 0 bridgehead atoms. The minimum Gasteiger partial charge on any atom is -0.355 e. The molecule has 0 aliphatic heterocycles. The Bertz CT molecular complexity index is 605. The highest BCUT2D eigenvalue weighted by Crippen LogP contribution is 2.04. The van der Waals surface area contributed by atoms with Crippen LogP contribution in [0.15, 0.2) is 15.8 Å². The van der Waals surface area contributed by atoms with Gasteiger partial charge in [-0.3, -0.25) is 19.4 Å². The summed E-state index contributed by atoms with van der Waals surface area (Å²) in [4.78, 5) is 49.1. The number of carbonyl (C=O) groups is 2. The Morgan fingerprint density at radius 2 is 2.10 bits per heavy atom. The van der Waals surface area contributed by atoms with Gasteiger partial charge in [0.2, 0.25) is 5.91 Å². The number of aromatic amines is 2. The highest BCUT2D eigenvalue weighted by atomic mass is 16.2. The predicted molar refractivity (Wildman–Crippen MR) is 76.9 cm³/mol. The van der Waals surface area contributed by atoms with Gasteiger partial charge >= 0.3 is 5.69 Å². The normalized spacial score (nSPS) is 11.9. The van der Waals surface area contributed by atoms with Crippen molar-refractivity contribution >= 4 is 11.7 Å². The van der Waals surface area contributed by atoms with Crippen LogP contribution in [0.4, 0.5) is 0 Å². The van der Waals surface area contributed by atoms with Gasteiger partial charge in [-0.15, -0.1) is 0 Å². The van der Waals surface area contributed by atoms with Crippen molar-refractivity contribution < 1.29 is 9.59 Å². The summed E-state index contributed by atoms with van der Waals surface area (Å²) in [5.74, 6) is -0.536. The van der Waals surface area contributed by atoms with Gasteiger partial charge in [0.15, 0.2) is 0 Å². The van der Waals surface area contributed by atoms with Crippen molar-refractivity contribution in [3.05, 3.63) is 32.6 Å². The number of H-pyrrole nitrogens is 2. The van der Waals surface area contributed by atoms with Crippen molar-refractivity contribution in [2.45, 2.75) is 26.2 Å². The third-order valence-electron chi connectivity index (χ3n) is 3.05. The van der Waals surface area contributed by atoms with E-state index < -0.39 is 11.2 Å². The zero-order chi connectivity index (χ0) is 15.8. The summed E-state index contributed by atoms with van der Waals surface area (Å²) in [6, 6.07) is 0. The summed E-state index contributed by atoms with van der Waals surface area (Å²) in [6.07, 6.45) is 2.27. The third-order valence-corrected chi connectivity index (χ3v) is 3.05. The number of rotatable bonds is 8. The molecule has 1 amide bonds. The maximum Gasteiger partial charge on any atom is 0.325 e. The molecule has 0 aliphatic carbocycles. The van der Waals surface area contributed by atoms with Crippen LogP contribution in [0.5, 0.6) is 0 Å². The highest BCUT2D eigenvalue weighted by Gasteiger charge is 2.11. The van der Waals surface area contributed by atoms with Gasteiger partial charge in [0.1, 0.15) is 5.78 Å². The molecule has 8 nitrogen and oxygen atoms in total. The average Bonchev–Trinajstić information content (AvgIpc) is 2.40. The number of carbonyl (C=O) groups excluding carboxylic acids is 2. The smallest absolute Gasteiger partial charge is 0.325 e. The summed E-state index contributed by atoms with van der Waals surface area (Å²) in [7, 11) is 0. The number of nitrogens with one attached hydrogen (secondary N) is 3. The molecule has 5 N–H and O–H groups in total. The van der Waals surface area contributed by atoms with Crippen LogP contribution in [-0.4, -0.2) is 34.7 Å². The molecular weight excluding hydrogens is 276 g/mol. The van der Waals surface area contributed by atoms with Gasteiger partial charge in [0, 0.05) is 18.3 Å². The van der Waals surface area contributed by atoms with Crippen molar-refractivity contribution in [3.8, 4) is 0 Å². The minimum absolute atomic E-state index is 0.00719. The first kappa shape index (κ1) is 16.8. The van der Waals surface area contributed by atoms with Crippen LogP contribution < -0.4 is 22.3 Å². The first-order valence-corrected chi connectivity index (χ1v) is 6.69. The molecule has 0 aromatic carbocycles. The zero-order valence-corrected chi connectivity index (χ0v) is 11.9. The van der Waals surface area contributed by atoms with E-state index in [1.54, 1.807) is 0 Å². The number of aryl methyl sites for hydroxylation is 1. The standard InChI is InChI=1S/C13H20N4O4/c1-8(18)4-11(19)15-6-9(5-14)2-3-10-7-16-13(21)17-12(10)20/h7,9H,2-6,14H2,1H3,(H,15,19)(H2,16,17,20,21). The quantitative estimate of drug-likeness (QED) is 0.440. The van der Waals surface area contributed by atoms with Crippen LogP contribution in [-0.2, 0) is 16.0 Å². The van der Waals surface area contributed by atoms with Gasteiger partial charge < -0.3 is 16.0 Å². The molecule has 0 radical (unpaired) electrons.